The van der Waals surface area contributed by atoms with Crippen LogP contribution in [0.3, 0.4) is 0 Å². The van der Waals surface area contributed by atoms with Crippen LogP contribution in [-0.4, -0.2) is 23.3 Å². The van der Waals surface area contributed by atoms with Gasteiger partial charge in [0.1, 0.15) is 0 Å². The van der Waals surface area contributed by atoms with Gasteiger partial charge in [-0.05, 0) is 33.8 Å². The number of pyridine rings is 1. The molecule has 0 unspecified atom stereocenters. The van der Waals surface area contributed by atoms with Gasteiger partial charge in [0.05, 0.1) is 11.2 Å². The average molecular weight is 276 g/mol. The van der Waals surface area contributed by atoms with Crippen LogP contribution in [0.1, 0.15) is 27.7 Å². The molecule has 1 saturated heterocycles. The molecule has 1 aromatic heterocycles. The molecule has 0 amide bonds. The Hall–Kier alpha value is -0.285. The summed E-state index contributed by atoms with van der Waals surface area (Å²) in [6, 6.07) is 1.74. The summed E-state index contributed by atoms with van der Waals surface area (Å²) in [5.41, 5.74) is 0.0797. The molecule has 1 fully saturated rings. The fraction of sp³-hybridized carbons (Fsp3) is 0.545. The maximum Gasteiger partial charge on any atom is 0.497 e. The smallest absolute Gasteiger partial charge is 0.399 e. The number of hydrogen-bond acceptors (Lipinski definition) is 3. The van der Waals surface area contributed by atoms with Crippen molar-refractivity contribution in [3.8, 4) is 0 Å². The molecule has 0 atom stereocenters. The minimum absolute atomic E-state index is 0. The van der Waals surface area contributed by atoms with Crippen LogP contribution in [0, 0.1) is 0 Å². The lowest BCUT2D eigenvalue weighted by Gasteiger charge is -2.32. The summed E-state index contributed by atoms with van der Waals surface area (Å²) in [7, 11) is -0.439. The Morgan fingerprint density at radius 3 is 2.18 bits per heavy atom. The van der Waals surface area contributed by atoms with E-state index in [1.165, 1.54) is 0 Å². The van der Waals surface area contributed by atoms with Crippen molar-refractivity contribution >= 4 is 36.6 Å². The summed E-state index contributed by atoms with van der Waals surface area (Å²) in [6.07, 6.45) is 3.33. The molecule has 0 spiro atoms. The highest BCUT2D eigenvalue weighted by Crippen LogP contribution is 2.36. The van der Waals surface area contributed by atoms with E-state index in [1.54, 1.807) is 18.5 Å². The van der Waals surface area contributed by atoms with Gasteiger partial charge in [-0.25, -0.2) is 0 Å². The van der Waals surface area contributed by atoms with Gasteiger partial charge in [0.2, 0.25) is 0 Å². The van der Waals surface area contributed by atoms with Gasteiger partial charge in [-0.2, -0.15) is 0 Å². The lowest BCUT2D eigenvalue weighted by molar-refractivity contribution is 0.00578. The first kappa shape index (κ1) is 14.8. The largest absolute Gasteiger partial charge is 0.497 e. The van der Waals surface area contributed by atoms with Crippen molar-refractivity contribution in [3.05, 3.63) is 23.5 Å². The maximum atomic E-state index is 6.09. The van der Waals surface area contributed by atoms with Crippen LogP contribution in [-0.2, 0) is 9.31 Å². The lowest BCUT2D eigenvalue weighted by Crippen LogP contribution is -2.41. The predicted molar refractivity (Wildman–Crippen MR) is 72.2 cm³/mol. The van der Waals surface area contributed by atoms with E-state index in [9.17, 15) is 0 Å². The van der Waals surface area contributed by atoms with Crippen molar-refractivity contribution in [2.45, 2.75) is 38.9 Å². The molecule has 1 aliphatic rings. The molecule has 1 aliphatic heterocycles. The zero-order chi connectivity index (χ0) is 12.0. The summed E-state index contributed by atoms with van der Waals surface area (Å²) < 4.78 is 11.8. The molecule has 0 saturated carbocycles. The Labute approximate surface area is 113 Å². The van der Waals surface area contributed by atoms with Crippen LogP contribution < -0.4 is 5.46 Å². The Morgan fingerprint density at radius 1 is 1.18 bits per heavy atom. The van der Waals surface area contributed by atoms with Crippen LogP contribution in [0.25, 0.3) is 0 Å². The van der Waals surface area contributed by atoms with E-state index in [0.717, 1.165) is 5.46 Å². The third kappa shape index (κ3) is 2.60. The molecule has 94 valence electrons. The van der Waals surface area contributed by atoms with Crippen molar-refractivity contribution in [2.75, 3.05) is 0 Å². The average Bonchev–Trinajstić information content (AvgIpc) is 2.36. The minimum Gasteiger partial charge on any atom is -0.399 e. The van der Waals surface area contributed by atoms with Gasteiger partial charge >= 0.3 is 7.12 Å². The quantitative estimate of drug-likeness (QED) is 0.738. The molecule has 0 aromatic carbocycles. The van der Waals surface area contributed by atoms with E-state index in [1.807, 2.05) is 27.7 Å². The molecule has 0 aliphatic carbocycles. The van der Waals surface area contributed by atoms with Crippen molar-refractivity contribution < 1.29 is 9.31 Å². The Balaban J connectivity index is 0.00000144. The Kier molecular flexibility index (Phi) is 4.14. The van der Waals surface area contributed by atoms with Gasteiger partial charge in [-0.15, -0.1) is 12.4 Å². The third-order valence-electron chi connectivity index (χ3n) is 3.30. The first-order chi connectivity index (χ1) is 7.33. The molecule has 0 radical (unpaired) electrons. The van der Waals surface area contributed by atoms with E-state index in [0.29, 0.717) is 5.02 Å². The molecule has 0 bridgehead atoms. The van der Waals surface area contributed by atoms with Gasteiger partial charge in [0.15, 0.2) is 0 Å². The number of aromatic nitrogens is 1. The normalized spacial score (nSPS) is 21.1. The highest BCUT2D eigenvalue weighted by molar-refractivity contribution is 6.65. The Bertz CT molecular complexity index is 396. The highest BCUT2D eigenvalue weighted by Gasteiger charge is 2.52. The van der Waals surface area contributed by atoms with Gasteiger partial charge in [0.25, 0.3) is 0 Å². The number of rotatable bonds is 1. The lowest BCUT2D eigenvalue weighted by atomic mass is 9.80. The number of nitrogens with zero attached hydrogens (tertiary/aromatic N) is 1. The van der Waals surface area contributed by atoms with Gasteiger partial charge in [-0.3, -0.25) is 4.98 Å². The van der Waals surface area contributed by atoms with Gasteiger partial charge in [0, 0.05) is 22.9 Å². The van der Waals surface area contributed by atoms with Crippen LogP contribution in [0.4, 0.5) is 0 Å². The molecule has 0 N–H and O–H groups in total. The van der Waals surface area contributed by atoms with E-state index >= 15 is 0 Å². The molecule has 2 rings (SSSR count). The second-order valence-corrected chi connectivity index (χ2v) is 5.39. The van der Waals surface area contributed by atoms with E-state index < -0.39 is 7.12 Å². The maximum absolute atomic E-state index is 6.09. The van der Waals surface area contributed by atoms with Crippen molar-refractivity contribution in [1.82, 2.24) is 4.98 Å². The van der Waals surface area contributed by atoms with Gasteiger partial charge in [-0.1, -0.05) is 11.6 Å². The van der Waals surface area contributed by atoms with E-state index in [4.69, 9.17) is 20.9 Å². The predicted octanol–water partition coefficient (Wildman–Crippen LogP) is 2.46. The number of halogens is 2. The zero-order valence-corrected chi connectivity index (χ0v) is 11.9. The van der Waals surface area contributed by atoms with Crippen LogP contribution in [0.5, 0.6) is 0 Å². The van der Waals surface area contributed by atoms with Crippen LogP contribution in [0.15, 0.2) is 18.5 Å². The SMILES string of the molecule is CC1(C)OB(c2cnccc2Cl)OC1(C)C.Cl. The third-order valence-corrected chi connectivity index (χ3v) is 3.65. The zero-order valence-electron chi connectivity index (χ0n) is 10.4. The van der Waals surface area contributed by atoms with Crippen molar-refractivity contribution in [1.29, 1.82) is 0 Å². The fourth-order valence-corrected chi connectivity index (χ4v) is 1.73. The fourth-order valence-electron chi connectivity index (χ4n) is 1.53. The van der Waals surface area contributed by atoms with Crippen LogP contribution >= 0.6 is 24.0 Å². The second kappa shape index (κ2) is 4.77. The molecule has 2 heterocycles. The van der Waals surface area contributed by atoms with Gasteiger partial charge < -0.3 is 9.31 Å². The summed E-state index contributed by atoms with van der Waals surface area (Å²) in [5.74, 6) is 0. The van der Waals surface area contributed by atoms with Crippen molar-refractivity contribution in [3.63, 3.8) is 0 Å². The minimum atomic E-state index is -0.439. The van der Waals surface area contributed by atoms with Crippen molar-refractivity contribution in [2.24, 2.45) is 0 Å². The van der Waals surface area contributed by atoms with E-state index in [2.05, 4.69) is 4.98 Å². The monoisotopic (exact) mass is 275 g/mol. The topological polar surface area (TPSA) is 31.4 Å². The second-order valence-electron chi connectivity index (χ2n) is 4.99. The first-order valence-electron chi connectivity index (χ1n) is 5.28. The highest BCUT2D eigenvalue weighted by atomic mass is 35.5. The molecular formula is C11H16BCl2NO2. The van der Waals surface area contributed by atoms with E-state index in [-0.39, 0.29) is 23.6 Å². The molecule has 1 aromatic rings. The molecule has 6 heteroatoms. The molecular weight excluding hydrogens is 260 g/mol. The van der Waals surface area contributed by atoms with Crippen LogP contribution in [0.2, 0.25) is 5.02 Å². The number of hydrogen-bond donors (Lipinski definition) is 0. The molecule has 3 nitrogen and oxygen atoms in total. The summed E-state index contributed by atoms with van der Waals surface area (Å²) in [6.45, 7) is 8.04. The Morgan fingerprint density at radius 2 is 1.71 bits per heavy atom. The standard InChI is InChI=1S/C11H15BClNO2.ClH/c1-10(2)11(3,4)16-12(15-10)8-7-14-6-5-9(8)13;/h5-7H,1-4H3;1H. The summed E-state index contributed by atoms with van der Waals surface area (Å²) >= 11 is 6.09. The first-order valence-corrected chi connectivity index (χ1v) is 5.66. The summed E-state index contributed by atoms with van der Waals surface area (Å²) in [5, 5.41) is 0.619. The summed E-state index contributed by atoms with van der Waals surface area (Å²) in [4.78, 5) is 4.04. The molecule has 17 heavy (non-hydrogen) atoms.